The van der Waals surface area contributed by atoms with Gasteiger partial charge in [-0.1, -0.05) is 0 Å². The van der Waals surface area contributed by atoms with Gasteiger partial charge in [0.05, 0.1) is 11.8 Å². The lowest BCUT2D eigenvalue weighted by Gasteiger charge is -2.32. The van der Waals surface area contributed by atoms with Crippen molar-refractivity contribution in [2.45, 2.75) is 23.8 Å². The first-order valence-corrected chi connectivity index (χ1v) is 7.28. The van der Waals surface area contributed by atoms with Crippen molar-refractivity contribution in [3.05, 3.63) is 18.2 Å². The van der Waals surface area contributed by atoms with Gasteiger partial charge in [0.15, 0.2) is 0 Å². The van der Waals surface area contributed by atoms with Crippen LogP contribution in [-0.4, -0.2) is 32.7 Å². The molecule has 1 heterocycles. The van der Waals surface area contributed by atoms with Gasteiger partial charge in [0.25, 0.3) is 0 Å². The van der Waals surface area contributed by atoms with Gasteiger partial charge < -0.3 is 15.7 Å². The number of rotatable bonds is 2. The SMILES string of the molecule is Nc1cc(N2CCCC(O)C2)ccc1S(N)(=O)=O. The molecule has 0 spiro atoms. The van der Waals surface area contributed by atoms with Crippen molar-refractivity contribution in [3.8, 4) is 0 Å². The standard InChI is InChI=1S/C11H17N3O3S/c12-10-6-8(3-4-11(10)18(13,16)17)14-5-1-2-9(15)7-14/h3-4,6,9,15H,1-2,5,7,12H2,(H2,13,16,17). The number of nitrogen functional groups attached to an aromatic ring is 1. The van der Waals surface area contributed by atoms with Crippen molar-refractivity contribution in [1.29, 1.82) is 0 Å². The van der Waals surface area contributed by atoms with Crippen LogP contribution in [0.1, 0.15) is 12.8 Å². The fourth-order valence-electron chi connectivity index (χ4n) is 2.18. The fraction of sp³-hybridized carbons (Fsp3) is 0.455. The van der Waals surface area contributed by atoms with Gasteiger partial charge in [-0.25, -0.2) is 13.6 Å². The molecule has 1 aliphatic rings. The molecular weight excluding hydrogens is 254 g/mol. The van der Waals surface area contributed by atoms with E-state index in [2.05, 4.69) is 0 Å². The van der Waals surface area contributed by atoms with Gasteiger partial charge in [-0.3, -0.25) is 0 Å². The van der Waals surface area contributed by atoms with Gasteiger partial charge in [-0.05, 0) is 31.0 Å². The second-order valence-corrected chi connectivity index (χ2v) is 6.04. The summed E-state index contributed by atoms with van der Waals surface area (Å²) >= 11 is 0. The molecule has 6 nitrogen and oxygen atoms in total. The Balaban J connectivity index is 2.29. The van der Waals surface area contributed by atoms with Gasteiger partial charge in [0, 0.05) is 18.8 Å². The Morgan fingerprint density at radius 3 is 2.67 bits per heavy atom. The van der Waals surface area contributed by atoms with E-state index in [0.717, 1.165) is 25.1 Å². The molecule has 0 aliphatic carbocycles. The molecule has 1 saturated heterocycles. The Bertz CT molecular complexity index is 544. The quantitative estimate of drug-likeness (QED) is 0.649. The third-order valence-electron chi connectivity index (χ3n) is 3.06. The van der Waals surface area contributed by atoms with Gasteiger partial charge in [-0.2, -0.15) is 0 Å². The van der Waals surface area contributed by atoms with Crippen molar-refractivity contribution in [2.75, 3.05) is 23.7 Å². The lowest BCUT2D eigenvalue weighted by atomic mass is 10.1. The minimum atomic E-state index is -3.78. The molecular formula is C11H17N3O3S. The second kappa shape index (κ2) is 4.75. The first-order chi connectivity index (χ1) is 8.38. The topological polar surface area (TPSA) is 110 Å². The monoisotopic (exact) mass is 271 g/mol. The Morgan fingerprint density at radius 1 is 1.39 bits per heavy atom. The van der Waals surface area contributed by atoms with Crippen LogP contribution in [0.3, 0.4) is 0 Å². The number of nitrogens with zero attached hydrogens (tertiary/aromatic N) is 1. The van der Waals surface area contributed by atoms with E-state index in [0.29, 0.717) is 6.54 Å². The zero-order valence-electron chi connectivity index (χ0n) is 9.91. The highest BCUT2D eigenvalue weighted by Crippen LogP contribution is 2.26. The molecule has 0 saturated carbocycles. The maximum atomic E-state index is 11.2. The summed E-state index contributed by atoms with van der Waals surface area (Å²) in [6, 6.07) is 4.65. The van der Waals surface area contributed by atoms with E-state index in [-0.39, 0.29) is 16.7 Å². The van der Waals surface area contributed by atoms with Gasteiger partial charge in [0.2, 0.25) is 10.0 Å². The zero-order chi connectivity index (χ0) is 13.3. The number of piperidine rings is 1. The molecule has 1 fully saturated rings. The highest BCUT2D eigenvalue weighted by Gasteiger charge is 2.19. The Hall–Kier alpha value is -1.31. The van der Waals surface area contributed by atoms with E-state index in [1.807, 2.05) is 4.90 Å². The number of aliphatic hydroxyl groups is 1. The summed E-state index contributed by atoms with van der Waals surface area (Å²) in [5.41, 5.74) is 6.64. The number of anilines is 2. The van der Waals surface area contributed by atoms with Crippen molar-refractivity contribution < 1.29 is 13.5 Å². The highest BCUT2D eigenvalue weighted by atomic mass is 32.2. The van der Waals surface area contributed by atoms with Crippen LogP contribution < -0.4 is 15.8 Å². The maximum Gasteiger partial charge on any atom is 0.240 e. The Kier molecular flexibility index (Phi) is 3.47. The van der Waals surface area contributed by atoms with Gasteiger partial charge in [0.1, 0.15) is 4.90 Å². The molecule has 0 amide bonds. The average molecular weight is 271 g/mol. The predicted octanol–water partition coefficient (Wildman–Crippen LogP) is -0.123. The van der Waals surface area contributed by atoms with Crippen LogP contribution >= 0.6 is 0 Å². The number of aliphatic hydroxyl groups excluding tert-OH is 1. The number of β-amino-alcohol motifs (C(OH)–C–C–N with tert-alkyl or cyclic N) is 1. The highest BCUT2D eigenvalue weighted by molar-refractivity contribution is 7.89. The first-order valence-electron chi connectivity index (χ1n) is 5.73. The van der Waals surface area contributed by atoms with Crippen LogP contribution in [0.15, 0.2) is 23.1 Å². The molecule has 5 N–H and O–H groups in total. The summed E-state index contributed by atoms with van der Waals surface area (Å²) in [6.45, 7) is 1.36. The van der Waals surface area contributed by atoms with Crippen LogP contribution in [0.2, 0.25) is 0 Å². The smallest absolute Gasteiger partial charge is 0.240 e. The summed E-state index contributed by atoms with van der Waals surface area (Å²) in [7, 11) is -3.78. The van der Waals surface area contributed by atoms with Crippen molar-refractivity contribution >= 4 is 21.4 Å². The molecule has 0 bridgehead atoms. The summed E-state index contributed by atoms with van der Waals surface area (Å²) in [4.78, 5) is 1.92. The van der Waals surface area contributed by atoms with Gasteiger partial charge >= 0.3 is 0 Å². The molecule has 2 rings (SSSR count). The van der Waals surface area contributed by atoms with E-state index >= 15 is 0 Å². The molecule has 1 aromatic carbocycles. The average Bonchev–Trinajstić information content (AvgIpc) is 2.27. The lowest BCUT2D eigenvalue weighted by Crippen LogP contribution is -2.38. The van der Waals surface area contributed by atoms with Crippen molar-refractivity contribution in [2.24, 2.45) is 5.14 Å². The van der Waals surface area contributed by atoms with Crippen LogP contribution in [0.5, 0.6) is 0 Å². The number of hydrogen-bond donors (Lipinski definition) is 3. The van der Waals surface area contributed by atoms with Crippen LogP contribution in [0.4, 0.5) is 11.4 Å². The number of hydrogen-bond acceptors (Lipinski definition) is 5. The van der Waals surface area contributed by atoms with Crippen molar-refractivity contribution in [1.82, 2.24) is 0 Å². The zero-order valence-corrected chi connectivity index (χ0v) is 10.7. The number of nitrogens with two attached hydrogens (primary N) is 2. The number of sulfonamides is 1. The summed E-state index contributed by atoms with van der Waals surface area (Å²) in [6.07, 6.45) is 1.34. The third-order valence-corrected chi connectivity index (χ3v) is 4.05. The fourth-order valence-corrected chi connectivity index (χ4v) is 2.83. The Labute approximate surface area is 106 Å². The van der Waals surface area contributed by atoms with Gasteiger partial charge in [-0.15, -0.1) is 0 Å². The second-order valence-electron chi connectivity index (χ2n) is 4.51. The molecule has 18 heavy (non-hydrogen) atoms. The predicted molar refractivity (Wildman–Crippen MR) is 69.7 cm³/mol. The summed E-state index contributed by atoms with van der Waals surface area (Å²) in [5.74, 6) is 0. The largest absolute Gasteiger partial charge is 0.398 e. The normalized spacial score (nSPS) is 21.0. The van der Waals surface area contributed by atoms with E-state index in [1.165, 1.54) is 6.07 Å². The van der Waals surface area contributed by atoms with Crippen LogP contribution in [0.25, 0.3) is 0 Å². The van der Waals surface area contributed by atoms with E-state index < -0.39 is 10.0 Å². The lowest BCUT2D eigenvalue weighted by molar-refractivity contribution is 0.154. The molecule has 0 radical (unpaired) electrons. The first kappa shape index (κ1) is 13.1. The minimum Gasteiger partial charge on any atom is -0.398 e. The molecule has 1 atom stereocenters. The molecule has 7 heteroatoms. The maximum absolute atomic E-state index is 11.2. The van der Waals surface area contributed by atoms with E-state index in [9.17, 15) is 13.5 Å². The third kappa shape index (κ3) is 2.74. The molecule has 1 aliphatic heterocycles. The number of benzene rings is 1. The molecule has 1 unspecified atom stereocenters. The van der Waals surface area contributed by atoms with Crippen molar-refractivity contribution in [3.63, 3.8) is 0 Å². The van der Waals surface area contributed by atoms with Crippen LogP contribution in [0, 0.1) is 0 Å². The number of primary sulfonamides is 1. The molecule has 0 aromatic heterocycles. The molecule has 1 aromatic rings. The summed E-state index contributed by atoms with van der Waals surface area (Å²) < 4.78 is 22.5. The van der Waals surface area contributed by atoms with Crippen LogP contribution in [-0.2, 0) is 10.0 Å². The summed E-state index contributed by atoms with van der Waals surface area (Å²) in [5, 5.41) is 14.7. The molecule has 100 valence electrons. The minimum absolute atomic E-state index is 0.0659. The Morgan fingerprint density at radius 2 is 2.11 bits per heavy atom. The van der Waals surface area contributed by atoms with E-state index in [4.69, 9.17) is 10.9 Å². The van der Waals surface area contributed by atoms with E-state index in [1.54, 1.807) is 12.1 Å².